The molecule has 4 aliphatic heterocycles. The molecule has 0 radical (unpaired) electrons. The molecule has 1 aliphatic carbocycles. The molecule has 2 aromatic rings. The van der Waals surface area contributed by atoms with Gasteiger partial charge in [-0.25, -0.2) is 4.79 Å². The van der Waals surface area contributed by atoms with Crippen molar-refractivity contribution in [3.8, 4) is 11.5 Å². The number of fused-ring (bicyclic) bond motifs is 5. The smallest absolute Gasteiger partial charge is 0.338 e. The Hall–Kier alpha value is -3.65. The summed E-state index contributed by atoms with van der Waals surface area (Å²) in [6, 6.07) is 8.67. The normalized spacial score (nSPS) is 28.6. The van der Waals surface area contributed by atoms with Gasteiger partial charge in [-0.05, 0) is 65.5 Å². The minimum absolute atomic E-state index is 0.0229. The molecule has 0 aromatic heterocycles. The van der Waals surface area contributed by atoms with Crippen molar-refractivity contribution in [2.75, 3.05) is 31.1 Å². The molecule has 3 atom stereocenters. The Balaban J connectivity index is 1.33. The molecule has 5 aliphatic rings. The highest BCUT2D eigenvalue weighted by molar-refractivity contribution is 6.19. The minimum Gasteiger partial charge on any atom is -0.468 e. The van der Waals surface area contributed by atoms with E-state index in [1.807, 2.05) is 26.8 Å². The number of nitrogens with zero attached hydrogens (tertiary/aromatic N) is 2. The number of hydrogen-bond acceptors (Lipinski definition) is 8. The maximum absolute atomic E-state index is 14.6. The summed E-state index contributed by atoms with van der Waals surface area (Å²) in [6.45, 7) is 9.64. The zero-order valence-electron chi connectivity index (χ0n) is 24.2. The molecule has 41 heavy (non-hydrogen) atoms. The number of carbonyl (C=O) groups is 3. The molecular formula is C33H36N2O6. The highest BCUT2D eigenvalue weighted by atomic mass is 16.5. The summed E-state index contributed by atoms with van der Waals surface area (Å²) in [5.74, 6) is 0.621. The summed E-state index contributed by atoms with van der Waals surface area (Å²) in [4.78, 5) is 46.4. The van der Waals surface area contributed by atoms with Crippen LogP contribution >= 0.6 is 0 Å². The van der Waals surface area contributed by atoms with E-state index in [-0.39, 0.29) is 30.0 Å². The molecule has 7 rings (SSSR count). The molecular weight excluding hydrogens is 520 g/mol. The average Bonchev–Trinajstić information content (AvgIpc) is 3.74. The molecule has 3 unspecified atom stereocenters. The van der Waals surface area contributed by atoms with Gasteiger partial charge < -0.3 is 19.1 Å². The van der Waals surface area contributed by atoms with Crippen LogP contribution in [0.4, 0.5) is 5.69 Å². The predicted octanol–water partition coefficient (Wildman–Crippen LogP) is 4.68. The van der Waals surface area contributed by atoms with Gasteiger partial charge in [-0.2, -0.15) is 0 Å². The molecule has 2 saturated heterocycles. The van der Waals surface area contributed by atoms with Gasteiger partial charge in [0, 0.05) is 53.9 Å². The first-order valence-corrected chi connectivity index (χ1v) is 14.7. The van der Waals surface area contributed by atoms with Crippen LogP contribution in [0.2, 0.25) is 0 Å². The number of rotatable bonds is 4. The number of Topliss-reactive ketones (excluding diaryl/α,β-unsaturated/α-hetero) is 2. The van der Waals surface area contributed by atoms with Crippen LogP contribution in [0.3, 0.4) is 0 Å². The molecule has 214 valence electrons. The first-order valence-electron chi connectivity index (χ1n) is 14.7. The molecule has 2 aromatic carbocycles. The molecule has 2 fully saturated rings. The maximum Gasteiger partial charge on any atom is 0.338 e. The number of carbonyl (C=O) groups excluding carboxylic acids is 3. The highest BCUT2D eigenvalue weighted by Gasteiger charge is 2.69. The van der Waals surface area contributed by atoms with Crippen molar-refractivity contribution in [2.45, 2.75) is 71.8 Å². The van der Waals surface area contributed by atoms with Gasteiger partial charge in [-0.15, -0.1) is 0 Å². The van der Waals surface area contributed by atoms with E-state index in [0.717, 1.165) is 60.4 Å². The van der Waals surface area contributed by atoms with Crippen molar-refractivity contribution in [2.24, 2.45) is 5.41 Å². The lowest BCUT2D eigenvalue weighted by Crippen LogP contribution is -2.73. The maximum atomic E-state index is 14.6. The Kier molecular flexibility index (Phi) is 5.88. The minimum atomic E-state index is -1.46. The zero-order valence-corrected chi connectivity index (χ0v) is 24.2. The Labute approximate surface area is 240 Å². The quantitative estimate of drug-likeness (QED) is 0.502. The van der Waals surface area contributed by atoms with Gasteiger partial charge in [-0.1, -0.05) is 18.2 Å². The van der Waals surface area contributed by atoms with Gasteiger partial charge >= 0.3 is 5.97 Å². The average molecular weight is 557 g/mol. The summed E-state index contributed by atoms with van der Waals surface area (Å²) in [7, 11) is 0. The zero-order chi connectivity index (χ0) is 28.7. The van der Waals surface area contributed by atoms with Gasteiger partial charge in [0.15, 0.2) is 12.0 Å². The molecule has 4 heterocycles. The third kappa shape index (κ3) is 3.46. The van der Waals surface area contributed by atoms with E-state index in [1.165, 1.54) is 0 Å². The van der Waals surface area contributed by atoms with Crippen LogP contribution in [0.5, 0.6) is 11.5 Å². The second-order valence-corrected chi connectivity index (χ2v) is 12.3. The van der Waals surface area contributed by atoms with Crippen molar-refractivity contribution < 1.29 is 28.6 Å². The summed E-state index contributed by atoms with van der Waals surface area (Å²) in [5, 5.41) is 0. The van der Waals surface area contributed by atoms with Crippen LogP contribution in [0.25, 0.3) is 0 Å². The van der Waals surface area contributed by atoms with Gasteiger partial charge in [0.1, 0.15) is 18.1 Å². The third-order valence-electron chi connectivity index (χ3n) is 10.0. The molecule has 0 bridgehead atoms. The van der Waals surface area contributed by atoms with Crippen LogP contribution in [-0.2, 0) is 20.7 Å². The Morgan fingerprint density at radius 3 is 2.44 bits per heavy atom. The van der Waals surface area contributed by atoms with E-state index in [2.05, 4.69) is 9.80 Å². The van der Waals surface area contributed by atoms with Crippen LogP contribution in [0.1, 0.15) is 66.6 Å². The fourth-order valence-electron chi connectivity index (χ4n) is 7.80. The van der Waals surface area contributed by atoms with E-state index >= 15 is 0 Å². The van der Waals surface area contributed by atoms with Crippen LogP contribution in [0.15, 0.2) is 41.5 Å². The lowest BCUT2D eigenvalue weighted by Gasteiger charge is -2.56. The van der Waals surface area contributed by atoms with E-state index in [0.29, 0.717) is 36.4 Å². The molecule has 8 nitrogen and oxygen atoms in total. The lowest BCUT2D eigenvalue weighted by molar-refractivity contribution is -0.189. The largest absolute Gasteiger partial charge is 0.468 e. The second-order valence-electron chi connectivity index (χ2n) is 12.3. The predicted molar refractivity (Wildman–Crippen MR) is 152 cm³/mol. The Morgan fingerprint density at radius 1 is 0.976 bits per heavy atom. The van der Waals surface area contributed by atoms with Crippen molar-refractivity contribution >= 4 is 23.2 Å². The number of esters is 1. The summed E-state index contributed by atoms with van der Waals surface area (Å²) in [6.07, 6.45) is 4.27. The van der Waals surface area contributed by atoms with E-state index in [4.69, 9.17) is 14.2 Å². The van der Waals surface area contributed by atoms with Gasteiger partial charge in [0.05, 0.1) is 16.7 Å². The van der Waals surface area contributed by atoms with Gasteiger partial charge in [-0.3, -0.25) is 14.5 Å². The van der Waals surface area contributed by atoms with E-state index in [9.17, 15) is 14.4 Å². The monoisotopic (exact) mass is 556 g/mol. The third-order valence-corrected chi connectivity index (χ3v) is 10.0. The SMILES string of the molecule is CC1=C(COC(=O)c2ccccc2)C(=O)C2(C)Cc3c(C)c4c(c(C)c3OC2(N2CCCC2)C1=O)N1CCCC1O4. The van der Waals surface area contributed by atoms with Crippen LogP contribution in [0, 0.1) is 19.3 Å². The first-order chi connectivity index (χ1) is 19.7. The fraction of sp³-hybridized carbons (Fsp3) is 0.485. The van der Waals surface area contributed by atoms with Crippen molar-refractivity contribution in [1.29, 1.82) is 0 Å². The molecule has 0 amide bonds. The van der Waals surface area contributed by atoms with E-state index < -0.39 is 17.1 Å². The molecule has 0 spiro atoms. The summed E-state index contributed by atoms with van der Waals surface area (Å²) < 4.78 is 19.1. The van der Waals surface area contributed by atoms with Crippen molar-refractivity contribution in [3.05, 3.63) is 63.7 Å². The fourth-order valence-corrected chi connectivity index (χ4v) is 7.80. The number of ether oxygens (including phenoxy) is 3. The highest BCUT2D eigenvalue weighted by Crippen LogP contribution is 2.59. The number of likely N-dealkylation sites (tertiary alicyclic amines) is 1. The molecule has 8 heteroatoms. The summed E-state index contributed by atoms with van der Waals surface area (Å²) >= 11 is 0. The van der Waals surface area contributed by atoms with Gasteiger partial charge in [0.2, 0.25) is 11.5 Å². The topological polar surface area (TPSA) is 85.4 Å². The second kappa shape index (κ2) is 9.18. The van der Waals surface area contributed by atoms with Crippen LogP contribution in [-0.4, -0.2) is 60.6 Å². The summed E-state index contributed by atoms with van der Waals surface area (Å²) in [5.41, 5.74) is 2.19. The molecule has 0 saturated carbocycles. The number of anilines is 1. The first kappa shape index (κ1) is 26.3. The molecule has 0 N–H and O–H groups in total. The van der Waals surface area contributed by atoms with Gasteiger partial charge in [0.25, 0.3) is 0 Å². The van der Waals surface area contributed by atoms with E-state index in [1.54, 1.807) is 31.2 Å². The lowest BCUT2D eigenvalue weighted by atomic mass is 9.60. The van der Waals surface area contributed by atoms with Crippen molar-refractivity contribution in [1.82, 2.24) is 4.90 Å². The number of hydrogen-bond donors (Lipinski definition) is 0. The Morgan fingerprint density at radius 2 is 1.71 bits per heavy atom. The Bertz CT molecular complexity index is 1520. The number of benzene rings is 2. The standard InChI is InChI=1S/C33H36N2O6/c1-19-23-17-32(4)30(37)24(18-39-31(38)22-11-6-5-7-12-22)20(2)29(36)33(32,34-14-8-9-15-34)41-27(23)21(3)26-28(19)40-25-13-10-16-35(25)26/h5-7,11-12,25H,8-10,13-18H2,1-4H3. The van der Waals surface area contributed by atoms with Crippen molar-refractivity contribution in [3.63, 3.8) is 0 Å². The van der Waals surface area contributed by atoms with Crippen LogP contribution < -0.4 is 14.4 Å². The number of ketones is 2.